The Hall–Kier alpha value is -3.26. The number of halogens is 1. The highest BCUT2D eigenvalue weighted by Gasteiger charge is 2.17. The van der Waals surface area contributed by atoms with Crippen LogP contribution in [0.15, 0.2) is 40.9 Å². The number of nitrogens with zero attached hydrogens (tertiary/aromatic N) is 2. The number of hydrogen-bond acceptors (Lipinski definition) is 7. The minimum absolute atomic E-state index is 0.0759. The number of nitrogens with one attached hydrogen (secondary N) is 1. The van der Waals surface area contributed by atoms with E-state index in [-0.39, 0.29) is 18.3 Å². The molecular formula is C21H22ClN3O5. The maximum absolute atomic E-state index is 12.3. The average Bonchev–Trinajstić information content (AvgIpc) is 3.23. The number of aryl methyl sites for hydroxylation is 1. The summed E-state index contributed by atoms with van der Waals surface area (Å²) in [5.74, 6) is 2.05. The molecule has 0 saturated carbocycles. The summed E-state index contributed by atoms with van der Waals surface area (Å²) in [6, 6.07) is 10.5. The van der Waals surface area contributed by atoms with Crippen molar-refractivity contribution >= 4 is 17.5 Å². The highest BCUT2D eigenvalue weighted by molar-refractivity contribution is 6.31. The Bertz CT molecular complexity index is 1040. The van der Waals surface area contributed by atoms with Crippen LogP contribution >= 0.6 is 11.6 Å². The van der Waals surface area contributed by atoms with Crippen LogP contribution in [0.4, 0.5) is 0 Å². The number of hydrogen-bond donors (Lipinski definition) is 1. The molecule has 0 aliphatic rings. The molecule has 3 rings (SSSR count). The van der Waals surface area contributed by atoms with Gasteiger partial charge >= 0.3 is 0 Å². The molecule has 0 radical (unpaired) electrons. The normalized spacial score (nSPS) is 11.6. The van der Waals surface area contributed by atoms with E-state index in [0.29, 0.717) is 33.7 Å². The fourth-order valence-electron chi connectivity index (χ4n) is 2.67. The third kappa shape index (κ3) is 5.01. The first-order valence-corrected chi connectivity index (χ1v) is 9.54. The van der Waals surface area contributed by atoms with Crippen LogP contribution in [0, 0.1) is 6.92 Å². The van der Waals surface area contributed by atoms with Gasteiger partial charge in [0.1, 0.15) is 5.75 Å². The van der Waals surface area contributed by atoms with Crippen molar-refractivity contribution in [3.8, 4) is 28.6 Å². The van der Waals surface area contributed by atoms with E-state index in [9.17, 15) is 4.79 Å². The first-order chi connectivity index (χ1) is 14.4. The van der Waals surface area contributed by atoms with E-state index in [4.69, 9.17) is 30.3 Å². The van der Waals surface area contributed by atoms with Gasteiger partial charge in [0.25, 0.3) is 5.91 Å². The second-order valence-corrected chi connectivity index (χ2v) is 6.88. The van der Waals surface area contributed by atoms with E-state index in [1.165, 1.54) is 0 Å². The minimum Gasteiger partial charge on any atom is -0.493 e. The van der Waals surface area contributed by atoms with E-state index in [0.717, 1.165) is 5.56 Å². The molecule has 30 heavy (non-hydrogen) atoms. The summed E-state index contributed by atoms with van der Waals surface area (Å²) in [7, 11) is 3.11. The topological polar surface area (TPSA) is 95.7 Å². The highest BCUT2D eigenvalue weighted by Crippen LogP contribution is 2.31. The summed E-state index contributed by atoms with van der Waals surface area (Å²) < 4.78 is 21.4. The second kappa shape index (κ2) is 9.49. The molecule has 3 aromatic rings. The van der Waals surface area contributed by atoms with E-state index >= 15 is 0 Å². The van der Waals surface area contributed by atoms with Crippen molar-refractivity contribution in [1.82, 2.24) is 15.5 Å². The number of benzene rings is 2. The molecule has 2 aromatic carbocycles. The predicted molar refractivity (Wildman–Crippen MR) is 111 cm³/mol. The molecule has 0 spiro atoms. The summed E-state index contributed by atoms with van der Waals surface area (Å²) in [6.07, 6.45) is -0.709. The maximum atomic E-state index is 12.3. The molecule has 0 aliphatic carbocycles. The number of methoxy groups -OCH3 is 2. The van der Waals surface area contributed by atoms with Crippen molar-refractivity contribution in [2.24, 2.45) is 0 Å². The molecule has 1 N–H and O–H groups in total. The Labute approximate surface area is 179 Å². The van der Waals surface area contributed by atoms with Gasteiger partial charge in [-0.1, -0.05) is 16.8 Å². The van der Waals surface area contributed by atoms with Crippen molar-refractivity contribution in [2.45, 2.75) is 26.5 Å². The molecule has 158 valence electrons. The van der Waals surface area contributed by atoms with Crippen molar-refractivity contribution in [3.63, 3.8) is 0 Å². The molecule has 0 fully saturated rings. The SMILES string of the molecule is COc1ccc(-c2noc(CNC(=O)C(C)Oc3ccc(Cl)c(C)c3)n2)cc1OC. The molecular weight excluding hydrogens is 410 g/mol. The molecule has 0 aliphatic heterocycles. The molecule has 1 unspecified atom stereocenters. The summed E-state index contributed by atoms with van der Waals surface area (Å²) in [4.78, 5) is 16.6. The molecule has 8 nitrogen and oxygen atoms in total. The van der Waals surface area contributed by atoms with Crippen molar-refractivity contribution in [1.29, 1.82) is 0 Å². The maximum Gasteiger partial charge on any atom is 0.261 e. The average molecular weight is 432 g/mol. The van der Waals surface area contributed by atoms with Gasteiger partial charge in [0.15, 0.2) is 17.6 Å². The first kappa shape index (κ1) is 21.4. The van der Waals surface area contributed by atoms with Crippen LogP contribution in [0.1, 0.15) is 18.4 Å². The van der Waals surface area contributed by atoms with Gasteiger partial charge < -0.3 is 24.1 Å². The molecule has 1 atom stereocenters. The minimum atomic E-state index is -0.709. The van der Waals surface area contributed by atoms with Gasteiger partial charge in [-0.05, 0) is 55.8 Å². The van der Waals surface area contributed by atoms with Crippen LogP contribution in [-0.4, -0.2) is 36.4 Å². The zero-order chi connectivity index (χ0) is 21.7. The van der Waals surface area contributed by atoms with E-state index in [2.05, 4.69) is 15.5 Å². The standard InChI is InChI=1S/C21H22ClN3O5/c1-12-9-15(6-7-16(12)22)29-13(2)21(26)23-11-19-24-20(25-30-19)14-5-8-17(27-3)18(10-14)28-4/h5-10,13H,11H2,1-4H3,(H,23,26). The predicted octanol–water partition coefficient (Wildman–Crippen LogP) is 3.80. The smallest absolute Gasteiger partial charge is 0.261 e. The molecule has 1 heterocycles. The van der Waals surface area contributed by atoms with Gasteiger partial charge in [-0.25, -0.2) is 0 Å². The fraction of sp³-hybridized carbons (Fsp3) is 0.286. The number of ether oxygens (including phenoxy) is 3. The largest absolute Gasteiger partial charge is 0.493 e. The molecule has 1 aromatic heterocycles. The fourth-order valence-corrected chi connectivity index (χ4v) is 2.79. The Balaban J connectivity index is 1.59. The van der Waals surface area contributed by atoms with Gasteiger partial charge in [0.2, 0.25) is 11.7 Å². The van der Waals surface area contributed by atoms with Gasteiger partial charge in [-0.3, -0.25) is 4.79 Å². The quantitative estimate of drug-likeness (QED) is 0.579. The van der Waals surface area contributed by atoms with Crippen LogP contribution in [0.2, 0.25) is 5.02 Å². The summed E-state index contributed by atoms with van der Waals surface area (Å²) in [5.41, 5.74) is 1.57. The molecule has 0 bridgehead atoms. The van der Waals surface area contributed by atoms with Crippen LogP contribution in [-0.2, 0) is 11.3 Å². The highest BCUT2D eigenvalue weighted by atomic mass is 35.5. The Morgan fingerprint density at radius 2 is 1.93 bits per heavy atom. The van der Waals surface area contributed by atoms with Crippen LogP contribution in [0.5, 0.6) is 17.2 Å². The lowest BCUT2D eigenvalue weighted by atomic mass is 10.2. The third-order valence-electron chi connectivity index (χ3n) is 4.34. The third-order valence-corrected chi connectivity index (χ3v) is 4.76. The number of rotatable bonds is 8. The Kier molecular flexibility index (Phi) is 6.79. The Morgan fingerprint density at radius 3 is 2.63 bits per heavy atom. The van der Waals surface area contributed by atoms with Gasteiger partial charge in [0, 0.05) is 10.6 Å². The number of carbonyl (C=O) groups is 1. The van der Waals surface area contributed by atoms with Crippen molar-refractivity contribution in [3.05, 3.63) is 52.9 Å². The molecule has 0 saturated heterocycles. The van der Waals surface area contributed by atoms with Gasteiger partial charge in [-0.15, -0.1) is 0 Å². The number of amides is 1. The molecule has 1 amide bonds. The zero-order valence-electron chi connectivity index (χ0n) is 17.1. The monoisotopic (exact) mass is 431 g/mol. The zero-order valence-corrected chi connectivity index (χ0v) is 17.8. The van der Waals surface area contributed by atoms with Crippen molar-refractivity contribution in [2.75, 3.05) is 14.2 Å². The first-order valence-electron chi connectivity index (χ1n) is 9.16. The number of aromatic nitrogens is 2. The molecule has 9 heteroatoms. The lowest BCUT2D eigenvalue weighted by molar-refractivity contribution is -0.127. The lowest BCUT2D eigenvalue weighted by Crippen LogP contribution is -2.36. The summed E-state index contributed by atoms with van der Waals surface area (Å²) >= 11 is 6.00. The van der Waals surface area contributed by atoms with Crippen LogP contribution in [0.3, 0.4) is 0 Å². The number of carbonyl (C=O) groups excluding carboxylic acids is 1. The summed E-state index contributed by atoms with van der Waals surface area (Å²) in [6.45, 7) is 3.60. The lowest BCUT2D eigenvalue weighted by Gasteiger charge is -2.14. The van der Waals surface area contributed by atoms with E-state index in [1.54, 1.807) is 57.5 Å². The van der Waals surface area contributed by atoms with Crippen molar-refractivity contribution < 1.29 is 23.5 Å². The summed E-state index contributed by atoms with van der Waals surface area (Å²) in [5, 5.41) is 7.31. The van der Waals surface area contributed by atoms with Gasteiger partial charge in [0.05, 0.1) is 20.8 Å². The van der Waals surface area contributed by atoms with Crippen LogP contribution < -0.4 is 19.5 Å². The van der Waals surface area contributed by atoms with Crippen LogP contribution in [0.25, 0.3) is 11.4 Å². The van der Waals surface area contributed by atoms with E-state index < -0.39 is 6.10 Å². The second-order valence-electron chi connectivity index (χ2n) is 6.47. The Morgan fingerprint density at radius 1 is 1.17 bits per heavy atom. The van der Waals surface area contributed by atoms with Gasteiger partial charge in [-0.2, -0.15) is 4.98 Å². The van der Waals surface area contributed by atoms with E-state index in [1.807, 2.05) is 6.92 Å².